The van der Waals surface area contributed by atoms with Crippen molar-refractivity contribution in [2.45, 2.75) is 56.8 Å². The molecule has 4 rings (SSSR count). The van der Waals surface area contributed by atoms with Crippen LogP contribution in [0.15, 0.2) is 0 Å². The molecule has 0 N–H and O–H groups in total. The molecule has 2 saturated carbocycles. The van der Waals surface area contributed by atoms with E-state index < -0.39 is 0 Å². The molecule has 4 fully saturated rings. The maximum Gasteiger partial charge on any atom is 0.315 e. The number of nitrogens with zero attached hydrogens (tertiary/aromatic N) is 1. The van der Waals surface area contributed by atoms with E-state index in [1.807, 2.05) is 0 Å². The third-order valence-corrected chi connectivity index (χ3v) is 6.84. The van der Waals surface area contributed by atoms with E-state index in [1.165, 1.54) is 6.42 Å². The van der Waals surface area contributed by atoms with Crippen LogP contribution in [0.2, 0.25) is 0 Å². The second-order valence-electron chi connectivity index (χ2n) is 9.47. The van der Waals surface area contributed by atoms with Crippen LogP contribution in [0.3, 0.4) is 0 Å². The molecule has 4 heteroatoms. The molecule has 22 heavy (non-hydrogen) atoms. The lowest BCUT2D eigenvalue weighted by atomic mass is 9.55. The van der Waals surface area contributed by atoms with Crippen LogP contribution in [0.5, 0.6) is 0 Å². The number of ether oxygens (including phenoxy) is 2. The summed E-state index contributed by atoms with van der Waals surface area (Å²) in [6.45, 7) is 5.42. The highest BCUT2D eigenvalue weighted by atomic mass is 16.7. The van der Waals surface area contributed by atoms with Crippen molar-refractivity contribution in [3.8, 4) is 0 Å². The van der Waals surface area contributed by atoms with Crippen molar-refractivity contribution in [3.63, 3.8) is 0 Å². The van der Waals surface area contributed by atoms with E-state index in [0.717, 1.165) is 30.3 Å². The highest BCUT2D eigenvalue weighted by Gasteiger charge is 2.77. The number of hydrogen-bond donors (Lipinski definition) is 0. The summed E-state index contributed by atoms with van der Waals surface area (Å²) < 4.78 is 13.2. The van der Waals surface area contributed by atoms with E-state index in [0.29, 0.717) is 17.8 Å². The molecule has 2 aliphatic carbocycles. The summed E-state index contributed by atoms with van der Waals surface area (Å²) in [5, 5.41) is 0. The Morgan fingerprint density at radius 1 is 1.18 bits per heavy atom. The van der Waals surface area contributed by atoms with Crippen LogP contribution in [0.25, 0.3) is 0 Å². The lowest BCUT2D eigenvalue weighted by Crippen LogP contribution is -2.58. The van der Waals surface area contributed by atoms with Gasteiger partial charge in [-0.15, -0.1) is 0 Å². The number of esters is 1. The van der Waals surface area contributed by atoms with Crippen molar-refractivity contribution in [1.82, 2.24) is 0 Å². The van der Waals surface area contributed by atoms with Gasteiger partial charge in [-0.2, -0.15) is 0 Å². The summed E-state index contributed by atoms with van der Waals surface area (Å²) in [6, 6.07) is 0. The smallest absolute Gasteiger partial charge is 0.315 e. The van der Waals surface area contributed by atoms with E-state index in [-0.39, 0.29) is 29.2 Å². The van der Waals surface area contributed by atoms with Gasteiger partial charge in [-0.05, 0) is 38.5 Å². The van der Waals surface area contributed by atoms with Gasteiger partial charge in [0.05, 0.1) is 33.3 Å². The zero-order valence-corrected chi connectivity index (χ0v) is 14.6. The lowest BCUT2D eigenvalue weighted by Gasteiger charge is -2.50. The molecule has 7 atom stereocenters. The fourth-order valence-corrected chi connectivity index (χ4v) is 5.85. The van der Waals surface area contributed by atoms with Gasteiger partial charge in [0.2, 0.25) is 0 Å². The minimum absolute atomic E-state index is 0.0302. The molecule has 0 radical (unpaired) electrons. The molecule has 0 unspecified atom stereocenters. The van der Waals surface area contributed by atoms with Crippen LogP contribution in [0.4, 0.5) is 0 Å². The minimum Gasteiger partial charge on any atom is -0.455 e. The average Bonchev–Trinajstić information content (AvgIpc) is 3.02. The van der Waals surface area contributed by atoms with E-state index in [1.54, 1.807) is 0 Å². The van der Waals surface area contributed by atoms with Crippen molar-refractivity contribution in [2.24, 2.45) is 23.7 Å². The Labute approximate surface area is 133 Å². The maximum atomic E-state index is 12.8. The summed E-state index contributed by atoms with van der Waals surface area (Å²) in [4.78, 5) is 12.8. The number of hydrogen-bond acceptors (Lipinski definition) is 3. The molecule has 4 nitrogen and oxygen atoms in total. The van der Waals surface area contributed by atoms with Crippen LogP contribution >= 0.6 is 0 Å². The Morgan fingerprint density at radius 2 is 1.91 bits per heavy atom. The first-order valence-corrected chi connectivity index (χ1v) is 8.88. The standard InChI is InChI=1S/C18H30NO3/c1-11-6-7-14-12(10-19(3,4)5)15(20)21-18(14)13(11)8-9-17(2)16(18)22-17/h11-14,16H,6-10H2,1-5H3/q+1/t11-,12+,13-,14+,16-,17-,18-/m1/s1. The Hall–Kier alpha value is -0.610. The second kappa shape index (κ2) is 4.27. The number of carbonyl (C=O) groups is 1. The van der Waals surface area contributed by atoms with Crippen LogP contribution < -0.4 is 0 Å². The van der Waals surface area contributed by atoms with Gasteiger partial charge in [0.25, 0.3) is 0 Å². The zero-order chi connectivity index (χ0) is 15.9. The minimum atomic E-state index is -0.318. The number of epoxide rings is 1. The van der Waals surface area contributed by atoms with Crippen molar-refractivity contribution < 1.29 is 18.8 Å². The molecule has 4 aliphatic rings. The lowest BCUT2D eigenvalue weighted by molar-refractivity contribution is -0.873. The largest absolute Gasteiger partial charge is 0.455 e. The first-order valence-electron chi connectivity index (χ1n) is 8.88. The monoisotopic (exact) mass is 308 g/mol. The molecular formula is C18H30NO3+. The predicted molar refractivity (Wildman–Crippen MR) is 83.1 cm³/mol. The normalized spacial score (nSPS) is 53.3. The molecule has 0 aromatic rings. The van der Waals surface area contributed by atoms with Gasteiger partial charge >= 0.3 is 5.97 Å². The second-order valence-corrected chi connectivity index (χ2v) is 9.47. The predicted octanol–water partition coefficient (Wildman–Crippen LogP) is 2.22. The molecule has 124 valence electrons. The molecule has 2 heterocycles. The average molecular weight is 308 g/mol. The summed E-state index contributed by atoms with van der Waals surface area (Å²) in [6.07, 6.45) is 4.76. The first kappa shape index (κ1) is 14.9. The SMILES string of the molecule is C[C@@H]1CC[C@H]2[C@H](C[N+](C)(C)C)C(=O)O[C@]23[C@@H]1CC[C@@]1(C)O[C@@H]31. The van der Waals surface area contributed by atoms with Gasteiger partial charge in [-0.1, -0.05) is 6.92 Å². The fraction of sp³-hybridized carbons (Fsp3) is 0.944. The Balaban J connectivity index is 1.72. The summed E-state index contributed by atoms with van der Waals surface area (Å²) in [7, 11) is 6.50. The van der Waals surface area contributed by atoms with Gasteiger partial charge in [0.15, 0.2) is 0 Å². The fourth-order valence-electron chi connectivity index (χ4n) is 5.85. The van der Waals surface area contributed by atoms with E-state index in [9.17, 15) is 4.79 Å². The Bertz CT molecular complexity index is 513. The van der Waals surface area contributed by atoms with Gasteiger partial charge < -0.3 is 14.0 Å². The molecule has 2 saturated heterocycles. The van der Waals surface area contributed by atoms with Crippen molar-refractivity contribution in [2.75, 3.05) is 27.7 Å². The van der Waals surface area contributed by atoms with Crippen molar-refractivity contribution in [3.05, 3.63) is 0 Å². The number of quaternary nitrogens is 1. The number of fused-ring (bicyclic) bond motifs is 1. The summed E-state index contributed by atoms with van der Waals surface area (Å²) >= 11 is 0. The van der Waals surface area contributed by atoms with Crippen LogP contribution in [0.1, 0.15) is 39.5 Å². The van der Waals surface area contributed by atoms with Gasteiger partial charge in [-0.3, -0.25) is 4.79 Å². The Morgan fingerprint density at radius 3 is 2.59 bits per heavy atom. The third-order valence-electron chi connectivity index (χ3n) is 6.84. The summed E-state index contributed by atoms with van der Waals surface area (Å²) in [5.74, 6) is 1.57. The number of carbonyl (C=O) groups excluding carboxylic acids is 1. The maximum absolute atomic E-state index is 12.8. The van der Waals surface area contributed by atoms with Crippen LogP contribution in [-0.2, 0) is 14.3 Å². The molecule has 0 bridgehead atoms. The van der Waals surface area contributed by atoms with Gasteiger partial charge in [0, 0.05) is 11.8 Å². The van der Waals surface area contributed by atoms with E-state index >= 15 is 0 Å². The quantitative estimate of drug-likeness (QED) is 0.446. The molecular weight excluding hydrogens is 278 g/mol. The molecule has 0 amide bonds. The van der Waals surface area contributed by atoms with E-state index in [2.05, 4.69) is 35.0 Å². The zero-order valence-electron chi connectivity index (χ0n) is 14.6. The highest BCUT2D eigenvalue weighted by molar-refractivity contribution is 5.77. The van der Waals surface area contributed by atoms with Crippen LogP contribution in [-0.4, -0.2) is 55.4 Å². The van der Waals surface area contributed by atoms with Gasteiger partial charge in [-0.25, -0.2) is 0 Å². The van der Waals surface area contributed by atoms with Crippen LogP contribution in [0, 0.1) is 23.7 Å². The van der Waals surface area contributed by atoms with Crippen molar-refractivity contribution >= 4 is 5.97 Å². The van der Waals surface area contributed by atoms with Crippen molar-refractivity contribution in [1.29, 1.82) is 0 Å². The molecule has 0 aromatic carbocycles. The van der Waals surface area contributed by atoms with E-state index in [4.69, 9.17) is 9.47 Å². The van der Waals surface area contributed by atoms with Gasteiger partial charge in [0.1, 0.15) is 17.6 Å². The highest BCUT2D eigenvalue weighted by Crippen LogP contribution is 2.66. The topological polar surface area (TPSA) is 38.8 Å². The first-order chi connectivity index (χ1) is 10.2. The molecule has 2 aliphatic heterocycles. The molecule has 0 aromatic heterocycles. The summed E-state index contributed by atoms with van der Waals surface area (Å²) in [5.41, 5.74) is -0.348. The third kappa shape index (κ3) is 1.86. The Kier molecular flexibility index (Phi) is 2.90. The number of rotatable bonds is 2. The molecule has 1 spiro atoms.